The normalized spacial score (nSPS) is 17.0. The van der Waals surface area contributed by atoms with E-state index < -0.39 is 0 Å². The van der Waals surface area contributed by atoms with Crippen molar-refractivity contribution in [3.63, 3.8) is 0 Å². The number of fused-ring (bicyclic) bond motifs is 1. The molecule has 2 heterocycles. The van der Waals surface area contributed by atoms with Crippen LogP contribution in [-0.2, 0) is 19.7 Å². The molecular formula is C27H32N2O. The van der Waals surface area contributed by atoms with Gasteiger partial charge in [-0.3, -0.25) is 4.90 Å². The number of benzene rings is 2. The van der Waals surface area contributed by atoms with Gasteiger partial charge in [0.1, 0.15) is 12.4 Å². The maximum atomic E-state index is 6.12. The molecule has 0 unspecified atom stereocenters. The fraction of sp³-hybridized carbons (Fsp3) is 0.407. The van der Waals surface area contributed by atoms with E-state index in [1.54, 1.807) is 5.69 Å². The van der Waals surface area contributed by atoms with E-state index >= 15 is 0 Å². The lowest BCUT2D eigenvalue weighted by Gasteiger charge is -2.39. The van der Waals surface area contributed by atoms with E-state index in [0.29, 0.717) is 6.61 Å². The van der Waals surface area contributed by atoms with Crippen LogP contribution >= 0.6 is 0 Å². The molecule has 0 atom stereocenters. The molecule has 3 aromatic rings. The van der Waals surface area contributed by atoms with Gasteiger partial charge >= 0.3 is 0 Å². The van der Waals surface area contributed by atoms with Crippen molar-refractivity contribution in [1.82, 2.24) is 9.47 Å². The summed E-state index contributed by atoms with van der Waals surface area (Å²) in [5.74, 6) is 1.67. The van der Waals surface area contributed by atoms with Gasteiger partial charge in [-0.1, -0.05) is 42.5 Å². The molecule has 156 valence electrons. The van der Waals surface area contributed by atoms with Crippen LogP contribution in [0.1, 0.15) is 56.5 Å². The van der Waals surface area contributed by atoms with Crippen LogP contribution in [0.15, 0.2) is 60.7 Å². The monoisotopic (exact) mass is 400 g/mol. The highest BCUT2D eigenvalue weighted by Gasteiger charge is 2.34. The Hall–Kier alpha value is -2.52. The van der Waals surface area contributed by atoms with E-state index in [4.69, 9.17) is 4.74 Å². The summed E-state index contributed by atoms with van der Waals surface area (Å²) in [6, 6.07) is 21.5. The van der Waals surface area contributed by atoms with Crippen LogP contribution in [0.2, 0.25) is 0 Å². The van der Waals surface area contributed by atoms with Gasteiger partial charge in [0.25, 0.3) is 0 Å². The van der Waals surface area contributed by atoms with Gasteiger partial charge in [-0.05, 0) is 68.9 Å². The maximum Gasteiger partial charge on any atom is 0.120 e. The van der Waals surface area contributed by atoms with Crippen molar-refractivity contribution in [2.45, 2.75) is 64.8 Å². The smallest absolute Gasteiger partial charge is 0.120 e. The Morgan fingerprint density at radius 1 is 0.933 bits per heavy atom. The first-order valence-corrected chi connectivity index (χ1v) is 11.2. The molecule has 2 aliphatic rings. The second-order valence-corrected chi connectivity index (χ2v) is 9.75. The molecule has 0 spiro atoms. The lowest BCUT2D eigenvalue weighted by Crippen LogP contribution is -2.45. The molecule has 1 aliphatic carbocycles. The summed E-state index contributed by atoms with van der Waals surface area (Å²) in [7, 11) is 0. The zero-order chi connectivity index (χ0) is 20.7. The first-order chi connectivity index (χ1) is 14.5. The summed E-state index contributed by atoms with van der Waals surface area (Å²) in [6.07, 6.45) is 2.65. The van der Waals surface area contributed by atoms with Crippen molar-refractivity contribution in [3.8, 4) is 16.9 Å². The van der Waals surface area contributed by atoms with Crippen LogP contribution in [0.4, 0.5) is 0 Å². The molecule has 0 radical (unpaired) electrons. The van der Waals surface area contributed by atoms with Gasteiger partial charge in [0.05, 0.1) is 0 Å². The topological polar surface area (TPSA) is 17.4 Å². The Bertz CT molecular complexity index is 1020. The summed E-state index contributed by atoms with van der Waals surface area (Å²) >= 11 is 0. The summed E-state index contributed by atoms with van der Waals surface area (Å²) < 4.78 is 8.74. The molecule has 0 N–H and O–H groups in total. The molecule has 1 fully saturated rings. The first kappa shape index (κ1) is 19.4. The predicted molar refractivity (Wildman–Crippen MR) is 123 cm³/mol. The SMILES string of the molecule is CC(C)(C)N1CCn2c(cc(-c3cccc(OCc4ccccc4)c3)c2C2CC2)C1. The van der Waals surface area contributed by atoms with Crippen LogP contribution in [0.25, 0.3) is 11.1 Å². The van der Waals surface area contributed by atoms with Crippen molar-refractivity contribution in [2.24, 2.45) is 0 Å². The standard InChI is InChI=1S/C27H32N2O/c1-27(2,3)28-14-15-29-23(18-28)17-25(26(29)21-12-13-21)22-10-7-11-24(16-22)30-19-20-8-5-4-6-9-20/h4-11,16-17,21H,12-15,18-19H2,1-3H3. The highest BCUT2D eigenvalue weighted by atomic mass is 16.5. The van der Waals surface area contributed by atoms with Gasteiger partial charge in [-0.25, -0.2) is 0 Å². The van der Waals surface area contributed by atoms with E-state index in [1.165, 1.54) is 35.2 Å². The molecule has 1 aliphatic heterocycles. The lowest BCUT2D eigenvalue weighted by atomic mass is 10.0. The lowest BCUT2D eigenvalue weighted by molar-refractivity contribution is 0.102. The quantitative estimate of drug-likeness (QED) is 0.505. The average molecular weight is 401 g/mol. The molecule has 1 saturated carbocycles. The van der Waals surface area contributed by atoms with Gasteiger partial charge in [-0.2, -0.15) is 0 Å². The van der Waals surface area contributed by atoms with Crippen molar-refractivity contribution >= 4 is 0 Å². The Balaban J connectivity index is 1.44. The molecule has 3 heteroatoms. The average Bonchev–Trinajstić information content (AvgIpc) is 3.51. The minimum Gasteiger partial charge on any atom is -0.489 e. The van der Waals surface area contributed by atoms with Crippen molar-refractivity contribution in [1.29, 1.82) is 0 Å². The van der Waals surface area contributed by atoms with Gasteiger partial charge < -0.3 is 9.30 Å². The predicted octanol–water partition coefficient (Wildman–Crippen LogP) is 6.23. The molecule has 1 aromatic heterocycles. The second-order valence-electron chi connectivity index (χ2n) is 9.75. The van der Waals surface area contributed by atoms with Gasteiger partial charge in [0, 0.05) is 42.1 Å². The number of aromatic nitrogens is 1. The fourth-order valence-electron chi connectivity index (χ4n) is 4.60. The maximum absolute atomic E-state index is 6.12. The third-order valence-corrected chi connectivity index (χ3v) is 6.48. The third kappa shape index (κ3) is 3.91. The number of rotatable bonds is 5. The van der Waals surface area contributed by atoms with Crippen LogP contribution in [0.5, 0.6) is 5.75 Å². The first-order valence-electron chi connectivity index (χ1n) is 11.2. The second kappa shape index (κ2) is 7.63. The fourth-order valence-corrected chi connectivity index (χ4v) is 4.60. The minimum atomic E-state index is 0.209. The van der Waals surface area contributed by atoms with Crippen LogP contribution in [-0.4, -0.2) is 21.6 Å². The molecule has 3 nitrogen and oxygen atoms in total. The molecular weight excluding hydrogens is 368 g/mol. The number of hydrogen-bond acceptors (Lipinski definition) is 2. The third-order valence-electron chi connectivity index (χ3n) is 6.48. The van der Waals surface area contributed by atoms with Gasteiger partial charge in [0.2, 0.25) is 0 Å². The highest BCUT2D eigenvalue weighted by molar-refractivity contribution is 5.70. The van der Waals surface area contributed by atoms with Crippen LogP contribution in [0.3, 0.4) is 0 Å². The van der Waals surface area contributed by atoms with Gasteiger partial charge in [-0.15, -0.1) is 0 Å². The Kier molecular flexibility index (Phi) is 4.94. The molecule has 0 bridgehead atoms. The highest BCUT2D eigenvalue weighted by Crippen LogP contribution is 2.47. The Labute approximate surface area is 180 Å². The zero-order valence-corrected chi connectivity index (χ0v) is 18.4. The van der Waals surface area contributed by atoms with Crippen molar-refractivity contribution < 1.29 is 4.74 Å². The minimum absolute atomic E-state index is 0.209. The van der Waals surface area contributed by atoms with E-state index in [9.17, 15) is 0 Å². The number of hydrogen-bond donors (Lipinski definition) is 0. The molecule has 2 aromatic carbocycles. The Morgan fingerprint density at radius 2 is 1.73 bits per heavy atom. The van der Waals surface area contributed by atoms with Crippen LogP contribution < -0.4 is 4.74 Å². The van der Waals surface area contributed by atoms with E-state index in [-0.39, 0.29) is 5.54 Å². The molecule has 30 heavy (non-hydrogen) atoms. The summed E-state index contributed by atoms with van der Waals surface area (Å²) in [5, 5.41) is 0. The van der Waals surface area contributed by atoms with E-state index in [0.717, 1.165) is 31.3 Å². The number of nitrogens with zero attached hydrogens (tertiary/aromatic N) is 2. The molecule has 0 amide bonds. The van der Waals surface area contributed by atoms with Crippen molar-refractivity contribution in [3.05, 3.63) is 77.6 Å². The van der Waals surface area contributed by atoms with Crippen molar-refractivity contribution in [2.75, 3.05) is 6.54 Å². The largest absolute Gasteiger partial charge is 0.489 e. The molecule has 0 saturated heterocycles. The van der Waals surface area contributed by atoms with E-state index in [2.05, 4.69) is 84.8 Å². The summed E-state index contributed by atoms with van der Waals surface area (Å²) in [4.78, 5) is 2.60. The van der Waals surface area contributed by atoms with Crippen LogP contribution in [0, 0.1) is 0 Å². The molecule has 5 rings (SSSR count). The van der Waals surface area contributed by atoms with E-state index in [1.807, 2.05) is 6.07 Å². The summed E-state index contributed by atoms with van der Waals surface area (Å²) in [6.45, 7) is 10.8. The summed E-state index contributed by atoms with van der Waals surface area (Å²) in [5.41, 5.74) is 7.12. The number of ether oxygens (including phenoxy) is 1. The van der Waals surface area contributed by atoms with Gasteiger partial charge in [0.15, 0.2) is 0 Å². The Morgan fingerprint density at radius 3 is 2.47 bits per heavy atom. The zero-order valence-electron chi connectivity index (χ0n) is 18.4.